The zero-order valence-electron chi connectivity index (χ0n) is 22.8. The number of amides is 1. The number of imidazole rings is 1. The molecular weight excluding hydrogens is 452 g/mol. The van der Waals surface area contributed by atoms with Crippen LogP contribution in [-0.4, -0.2) is 50.8 Å². The lowest BCUT2D eigenvalue weighted by atomic mass is 9.94. The summed E-state index contributed by atoms with van der Waals surface area (Å²) in [5.41, 5.74) is 2.64. The van der Waals surface area contributed by atoms with Gasteiger partial charge in [-0.15, -0.1) is 0 Å². The van der Waals surface area contributed by atoms with Crippen LogP contribution in [0.15, 0.2) is 24.4 Å². The molecule has 196 valence electrons. The summed E-state index contributed by atoms with van der Waals surface area (Å²) < 4.78 is 14.0. The molecule has 1 saturated heterocycles. The quantitative estimate of drug-likeness (QED) is 0.352. The molecule has 0 saturated carbocycles. The van der Waals surface area contributed by atoms with Crippen LogP contribution in [0, 0.1) is 11.8 Å². The fraction of sp³-hybridized carbons (Fsp3) is 0.621. The van der Waals surface area contributed by atoms with Gasteiger partial charge >= 0.3 is 6.09 Å². The number of carbonyl (C=O) groups excluding carboxylic acids is 1. The van der Waals surface area contributed by atoms with Gasteiger partial charge in [0, 0.05) is 37.5 Å². The van der Waals surface area contributed by atoms with Crippen molar-refractivity contribution in [1.82, 2.24) is 19.4 Å². The topological polar surface area (TPSA) is 69.5 Å². The Morgan fingerprint density at radius 2 is 1.92 bits per heavy atom. The van der Waals surface area contributed by atoms with Gasteiger partial charge in [-0.2, -0.15) is 0 Å². The van der Waals surface area contributed by atoms with Crippen LogP contribution >= 0.6 is 0 Å². The van der Waals surface area contributed by atoms with Crippen molar-refractivity contribution in [3.05, 3.63) is 30.2 Å². The van der Waals surface area contributed by atoms with Crippen molar-refractivity contribution in [3.8, 4) is 5.75 Å². The van der Waals surface area contributed by atoms with Gasteiger partial charge in [-0.25, -0.2) is 9.78 Å². The van der Waals surface area contributed by atoms with Crippen molar-refractivity contribution in [2.45, 2.75) is 85.8 Å². The van der Waals surface area contributed by atoms with Crippen LogP contribution in [0.25, 0.3) is 21.9 Å². The van der Waals surface area contributed by atoms with Crippen LogP contribution in [0.3, 0.4) is 0 Å². The maximum Gasteiger partial charge on any atom is 0.410 e. The maximum atomic E-state index is 12.3. The Bertz CT molecular complexity index is 1190. The molecule has 3 aromatic rings. The highest BCUT2D eigenvalue weighted by Crippen LogP contribution is 2.29. The van der Waals surface area contributed by atoms with E-state index in [9.17, 15) is 4.79 Å². The van der Waals surface area contributed by atoms with Crippen molar-refractivity contribution in [2.24, 2.45) is 11.8 Å². The molecule has 0 aliphatic carbocycles. The lowest BCUT2D eigenvalue weighted by Crippen LogP contribution is -2.41. The summed E-state index contributed by atoms with van der Waals surface area (Å²) in [6, 6.07) is 6.24. The first-order valence-corrected chi connectivity index (χ1v) is 13.5. The Labute approximate surface area is 215 Å². The van der Waals surface area contributed by atoms with Gasteiger partial charge < -0.3 is 18.9 Å². The fourth-order valence-electron chi connectivity index (χ4n) is 4.98. The van der Waals surface area contributed by atoms with E-state index in [1.54, 1.807) is 0 Å². The second kappa shape index (κ2) is 11.1. The van der Waals surface area contributed by atoms with Crippen LogP contribution in [-0.2, 0) is 17.7 Å². The Morgan fingerprint density at radius 3 is 2.58 bits per heavy atom. The highest BCUT2D eigenvalue weighted by Gasteiger charge is 2.26. The Balaban J connectivity index is 1.38. The summed E-state index contributed by atoms with van der Waals surface area (Å²) in [6.45, 7) is 15.5. The molecule has 0 atom stereocenters. The zero-order valence-corrected chi connectivity index (χ0v) is 22.8. The van der Waals surface area contributed by atoms with E-state index < -0.39 is 5.60 Å². The number of nitrogens with zero attached hydrogens (tertiary/aromatic N) is 4. The molecule has 1 amide bonds. The lowest BCUT2D eigenvalue weighted by molar-refractivity contribution is 0.0177. The monoisotopic (exact) mass is 494 g/mol. The molecule has 2 aromatic heterocycles. The van der Waals surface area contributed by atoms with Gasteiger partial charge in [-0.05, 0) is 70.4 Å². The molecule has 1 aliphatic rings. The Morgan fingerprint density at radius 1 is 1.17 bits per heavy atom. The summed E-state index contributed by atoms with van der Waals surface area (Å²) in [5, 5.41) is 1.13. The second-order valence-electron chi connectivity index (χ2n) is 11.5. The van der Waals surface area contributed by atoms with Gasteiger partial charge in [0.05, 0.1) is 23.8 Å². The first-order chi connectivity index (χ1) is 17.1. The van der Waals surface area contributed by atoms with E-state index in [-0.39, 0.29) is 6.09 Å². The molecule has 0 spiro atoms. The highest BCUT2D eigenvalue weighted by atomic mass is 16.6. The number of aromatic nitrogens is 3. The minimum atomic E-state index is -0.450. The fourth-order valence-corrected chi connectivity index (χ4v) is 4.98. The largest absolute Gasteiger partial charge is 0.494 e. The van der Waals surface area contributed by atoms with E-state index in [4.69, 9.17) is 19.4 Å². The van der Waals surface area contributed by atoms with E-state index in [1.807, 2.05) is 37.9 Å². The number of rotatable bonds is 8. The van der Waals surface area contributed by atoms with Crippen LogP contribution in [0.5, 0.6) is 5.75 Å². The standard InChI is InChI=1S/C29H42N4O3/c1-7-8-26-31-25-18-30-24-17-22(9-10-23(24)27(25)33(26)19-20(2)3)35-16-13-21-11-14-32(15-12-21)28(34)36-29(4,5)6/h9-10,17-18,20-21H,7-8,11-16,19H2,1-6H3. The normalized spacial score (nSPS) is 15.2. The molecule has 1 aliphatic heterocycles. The predicted octanol–water partition coefficient (Wildman–Crippen LogP) is 6.61. The van der Waals surface area contributed by atoms with Gasteiger partial charge in [0.2, 0.25) is 0 Å². The molecule has 0 N–H and O–H groups in total. The van der Waals surface area contributed by atoms with E-state index in [1.165, 1.54) is 5.52 Å². The minimum Gasteiger partial charge on any atom is -0.494 e. The molecule has 0 unspecified atom stereocenters. The van der Waals surface area contributed by atoms with Crippen LogP contribution in [0.2, 0.25) is 0 Å². The Hall–Kier alpha value is -2.83. The maximum absolute atomic E-state index is 12.3. The van der Waals surface area contributed by atoms with Crippen molar-refractivity contribution in [1.29, 1.82) is 0 Å². The first-order valence-electron chi connectivity index (χ1n) is 13.5. The molecule has 36 heavy (non-hydrogen) atoms. The third-order valence-corrected chi connectivity index (χ3v) is 6.71. The van der Waals surface area contributed by atoms with E-state index >= 15 is 0 Å². The average Bonchev–Trinajstić information content (AvgIpc) is 3.15. The molecule has 0 radical (unpaired) electrons. The number of ether oxygens (including phenoxy) is 2. The van der Waals surface area contributed by atoms with Crippen LogP contribution < -0.4 is 4.74 Å². The van der Waals surface area contributed by atoms with Gasteiger partial charge in [-0.3, -0.25) is 4.98 Å². The third kappa shape index (κ3) is 6.29. The van der Waals surface area contributed by atoms with Crippen molar-refractivity contribution in [2.75, 3.05) is 19.7 Å². The van der Waals surface area contributed by atoms with E-state index in [0.29, 0.717) is 18.4 Å². The number of hydrogen-bond donors (Lipinski definition) is 0. The number of hydrogen-bond acceptors (Lipinski definition) is 5. The van der Waals surface area contributed by atoms with Gasteiger partial charge in [0.15, 0.2) is 0 Å². The SMILES string of the molecule is CCCc1nc2cnc3cc(OCCC4CCN(C(=O)OC(C)(C)C)CC4)ccc3c2n1CC(C)C. The first kappa shape index (κ1) is 26.2. The summed E-state index contributed by atoms with van der Waals surface area (Å²) in [5.74, 6) is 3.10. The smallest absolute Gasteiger partial charge is 0.410 e. The van der Waals surface area contributed by atoms with Crippen molar-refractivity contribution < 1.29 is 14.3 Å². The van der Waals surface area contributed by atoms with Gasteiger partial charge in [0.25, 0.3) is 0 Å². The van der Waals surface area contributed by atoms with Gasteiger partial charge in [-0.1, -0.05) is 20.8 Å². The summed E-state index contributed by atoms with van der Waals surface area (Å²) in [6.07, 6.45) is 6.70. The predicted molar refractivity (Wildman–Crippen MR) is 145 cm³/mol. The van der Waals surface area contributed by atoms with E-state index in [0.717, 1.165) is 79.7 Å². The lowest BCUT2D eigenvalue weighted by Gasteiger charge is -2.33. The number of carbonyl (C=O) groups is 1. The third-order valence-electron chi connectivity index (χ3n) is 6.71. The second-order valence-corrected chi connectivity index (χ2v) is 11.5. The zero-order chi connectivity index (χ0) is 25.9. The molecule has 4 rings (SSSR count). The molecule has 7 heteroatoms. The summed E-state index contributed by atoms with van der Waals surface area (Å²) in [4.78, 5) is 23.7. The molecule has 7 nitrogen and oxygen atoms in total. The molecule has 3 heterocycles. The summed E-state index contributed by atoms with van der Waals surface area (Å²) >= 11 is 0. The van der Waals surface area contributed by atoms with Crippen molar-refractivity contribution in [3.63, 3.8) is 0 Å². The number of fused-ring (bicyclic) bond motifs is 3. The number of aryl methyl sites for hydroxylation is 1. The summed E-state index contributed by atoms with van der Waals surface area (Å²) in [7, 11) is 0. The van der Waals surface area contributed by atoms with Crippen LogP contribution in [0.1, 0.15) is 73.1 Å². The van der Waals surface area contributed by atoms with E-state index in [2.05, 4.69) is 37.5 Å². The highest BCUT2D eigenvalue weighted by molar-refractivity contribution is 6.02. The van der Waals surface area contributed by atoms with Crippen LogP contribution in [0.4, 0.5) is 4.79 Å². The minimum absolute atomic E-state index is 0.202. The molecule has 1 aromatic carbocycles. The molecule has 0 bridgehead atoms. The molecule has 1 fully saturated rings. The van der Waals surface area contributed by atoms with Crippen molar-refractivity contribution >= 4 is 28.0 Å². The number of likely N-dealkylation sites (tertiary alicyclic amines) is 1. The Kier molecular flexibility index (Phi) is 8.06. The molecular formula is C29H42N4O3. The van der Waals surface area contributed by atoms with Gasteiger partial charge in [0.1, 0.15) is 22.7 Å². The average molecular weight is 495 g/mol. The number of benzene rings is 1. The number of piperidine rings is 1. The number of pyridine rings is 1.